The van der Waals surface area contributed by atoms with E-state index in [2.05, 4.69) is 10.3 Å². The highest BCUT2D eigenvalue weighted by molar-refractivity contribution is 8.76. The Morgan fingerprint density at radius 3 is 2.70 bits per heavy atom. The summed E-state index contributed by atoms with van der Waals surface area (Å²) >= 11 is 0. The number of aliphatic hydroxyl groups is 2. The number of ether oxygens (including phenoxy) is 1. The molecule has 0 radical (unpaired) electrons. The number of rotatable bonds is 12. The van der Waals surface area contributed by atoms with Gasteiger partial charge in [-0.2, -0.15) is 4.98 Å². The Labute approximate surface area is 181 Å². The Hall–Kier alpha value is -2.18. The number of aliphatic hydroxyl groups excluding tert-OH is 2. The largest absolute Gasteiger partial charge is 0.512 e. The molecule has 1 aromatic rings. The first kappa shape index (κ1) is 24.1. The van der Waals surface area contributed by atoms with E-state index in [-0.39, 0.29) is 36.7 Å². The average molecular weight is 460 g/mol. The van der Waals surface area contributed by atoms with Gasteiger partial charge in [-0.25, -0.2) is 4.79 Å². The molecule has 1 fully saturated rings. The number of anilines is 1. The SMILES string of the molecule is O=C(O)CCCCCSSCCC(=O)Nc1ccn(C2CC(O)/C(=C/O)O2)c(=O)n1. The minimum atomic E-state index is -0.994. The number of carbonyl (C=O) groups is 2. The summed E-state index contributed by atoms with van der Waals surface area (Å²) in [6.45, 7) is 0. The zero-order valence-corrected chi connectivity index (χ0v) is 17.9. The van der Waals surface area contributed by atoms with E-state index in [1.54, 1.807) is 21.6 Å². The van der Waals surface area contributed by atoms with Crippen molar-refractivity contribution in [3.8, 4) is 0 Å². The predicted molar refractivity (Wildman–Crippen MR) is 114 cm³/mol. The maximum atomic E-state index is 12.2. The second-order valence-electron chi connectivity index (χ2n) is 6.50. The summed E-state index contributed by atoms with van der Waals surface area (Å²) in [4.78, 5) is 38.4. The predicted octanol–water partition coefficient (Wildman–Crippen LogP) is 2.28. The van der Waals surface area contributed by atoms with E-state index in [4.69, 9.17) is 14.9 Å². The van der Waals surface area contributed by atoms with Crippen LogP contribution in [-0.4, -0.2) is 54.4 Å². The molecule has 0 bridgehead atoms. The number of amides is 1. The second-order valence-corrected chi connectivity index (χ2v) is 9.21. The highest BCUT2D eigenvalue weighted by Gasteiger charge is 2.31. The van der Waals surface area contributed by atoms with Crippen molar-refractivity contribution in [3.05, 3.63) is 34.8 Å². The number of nitrogens with one attached hydrogen (secondary N) is 1. The third-order valence-corrected chi connectivity index (χ3v) is 6.67. The van der Waals surface area contributed by atoms with E-state index >= 15 is 0 Å². The fourth-order valence-corrected chi connectivity index (χ4v) is 4.79. The van der Waals surface area contributed by atoms with Crippen LogP contribution in [0.25, 0.3) is 0 Å². The zero-order valence-electron chi connectivity index (χ0n) is 16.2. The smallest absolute Gasteiger partial charge is 0.352 e. The van der Waals surface area contributed by atoms with Crippen LogP contribution in [0.5, 0.6) is 0 Å². The lowest BCUT2D eigenvalue weighted by atomic mass is 10.2. The Bertz CT molecular complexity index is 815. The van der Waals surface area contributed by atoms with Gasteiger partial charge in [0.05, 0.1) is 0 Å². The van der Waals surface area contributed by atoms with Crippen LogP contribution in [-0.2, 0) is 14.3 Å². The van der Waals surface area contributed by atoms with Gasteiger partial charge < -0.3 is 25.4 Å². The molecule has 2 heterocycles. The van der Waals surface area contributed by atoms with Gasteiger partial charge in [-0.1, -0.05) is 28.0 Å². The minimum absolute atomic E-state index is 0.0140. The monoisotopic (exact) mass is 459 g/mol. The number of carboxylic acids is 1. The molecule has 0 spiro atoms. The molecule has 1 amide bonds. The van der Waals surface area contributed by atoms with Crippen LogP contribution in [0.2, 0.25) is 0 Å². The van der Waals surface area contributed by atoms with Crippen molar-refractivity contribution >= 4 is 39.3 Å². The van der Waals surface area contributed by atoms with Crippen molar-refractivity contribution in [1.82, 2.24) is 9.55 Å². The van der Waals surface area contributed by atoms with Crippen molar-refractivity contribution in [2.75, 3.05) is 16.8 Å². The summed E-state index contributed by atoms with van der Waals surface area (Å²) in [5.74, 6) is 0.596. The summed E-state index contributed by atoms with van der Waals surface area (Å²) in [5.41, 5.74) is -0.642. The number of hydrogen-bond donors (Lipinski definition) is 4. The van der Waals surface area contributed by atoms with Gasteiger partial charge in [0.25, 0.3) is 0 Å². The molecule has 10 nitrogen and oxygen atoms in total. The number of carbonyl (C=O) groups excluding carboxylic acids is 1. The summed E-state index contributed by atoms with van der Waals surface area (Å²) in [6.07, 6.45) is 3.37. The quantitative estimate of drug-likeness (QED) is 0.208. The molecule has 1 aromatic heterocycles. The van der Waals surface area contributed by atoms with Crippen LogP contribution in [0.3, 0.4) is 0 Å². The standard InChI is InChI=1S/C18H25N3O7S2/c22-11-13-12(23)10-16(28-13)21-7-5-14(20-18(21)27)19-15(24)6-9-30-29-8-3-1-2-4-17(25)26/h5,7,11-12,16,22-23H,1-4,6,8-10H2,(H,25,26)(H,19,20,24,27)/b13-11-. The molecule has 0 saturated carbocycles. The molecule has 4 N–H and O–H groups in total. The summed E-state index contributed by atoms with van der Waals surface area (Å²) in [7, 11) is 3.21. The molecular weight excluding hydrogens is 434 g/mol. The van der Waals surface area contributed by atoms with Crippen LogP contribution in [0, 0.1) is 0 Å². The fraction of sp³-hybridized carbons (Fsp3) is 0.556. The van der Waals surface area contributed by atoms with Gasteiger partial charge in [-0.05, 0) is 18.9 Å². The van der Waals surface area contributed by atoms with Gasteiger partial charge in [0.1, 0.15) is 18.2 Å². The lowest BCUT2D eigenvalue weighted by molar-refractivity contribution is -0.137. The third-order valence-electron chi connectivity index (χ3n) is 4.17. The molecule has 2 unspecified atom stereocenters. The molecule has 1 aliphatic rings. The van der Waals surface area contributed by atoms with E-state index in [0.717, 1.165) is 18.6 Å². The molecule has 12 heteroatoms. The van der Waals surface area contributed by atoms with E-state index in [1.807, 2.05) is 0 Å². The molecule has 30 heavy (non-hydrogen) atoms. The van der Waals surface area contributed by atoms with E-state index in [1.165, 1.54) is 16.8 Å². The highest BCUT2D eigenvalue weighted by Crippen LogP contribution is 2.30. The first-order valence-corrected chi connectivity index (χ1v) is 11.9. The number of carboxylic acid groups (broad SMARTS) is 1. The summed E-state index contributed by atoms with van der Waals surface area (Å²) in [6, 6.07) is 1.47. The molecule has 0 aliphatic carbocycles. The number of nitrogens with zero attached hydrogens (tertiary/aromatic N) is 2. The van der Waals surface area contributed by atoms with Crippen LogP contribution in [0.15, 0.2) is 29.1 Å². The van der Waals surface area contributed by atoms with Crippen LogP contribution >= 0.6 is 21.6 Å². The normalized spacial score (nSPS) is 19.6. The Morgan fingerprint density at radius 2 is 2.03 bits per heavy atom. The molecule has 0 aromatic carbocycles. The molecular formula is C18H25N3O7S2. The number of hydrogen-bond acceptors (Lipinski definition) is 9. The van der Waals surface area contributed by atoms with E-state index in [9.17, 15) is 19.5 Å². The minimum Gasteiger partial charge on any atom is -0.512 e. The van der Waals surface area contributed by atoms with Gasteiger partial charge in [0, 0.05) is 37.0 Å². The number of unbranched alkanes of at least 4 members (excludes halogenated alkanes) is 2. The van der Waals surface area contributed by atoms with Gasteiger partial charge in [-0.3, -0.25) is 14.2 Å². The van der Waals surface area contributed by atoms with Crippen molar-refractivity contribution in [2.24, 2.45) is 0 Å². The van der Waals surface area contributed by atoms with Gasteiger partial charge in [0.15, 0.2) is 12.0 Å². The van der Waals surface area contributed by atoms with Crippen LogP contribution in [0.4, 0.5) is 5.82 Å². The van der Waals surface area contributed by atoms with Crippen molar-refractivity contribution in [2.45, 2.75) is 50.9 Å². The average Bonchev–Trinajstić information content (AvgIpc) is 3.07. The lowest BCUT2D eigenvalue weighted by Gasteiger charge is -2.13. The molecule has 1 saturated heterocycles. The van der Waals surface area contributed by atoms with Crippen molar-refractivity contribution < 1.29 is 29.6 Å². The topological polar surface area (TPSA) is 151 Å². The molecule has 2 rings (SSSR count). The number of aliphatic carboxylic acids is 1. The fourth-order valence-electron chi connectivity index (χ4n) is 2.65. The maximum absolute atomic E-state index is 12.2. The van der Waals surface area contributed by atoms with Crippen LogP contribution < -0.4 is 11.0 Å². The van der Waals surface area contributed by atoms with Crippen molar-refractivity contribution in [1.29, 1.82) is 0 Å². The molecule has 1 aliphatic heterocycles. The Morgan fingerprint density at radius 1 is 1.27 bits per heavy atom. The lowest BCUT2D eigenvalue weighted by Crippen LogP contribution is -2.28. The molecule has 166 valence electrons. The Kier molecular flexibility index (Phi) is 10.0. The second kappa shape index (κ2) is 12.5. The van der Waals surface area contributed by atoms with Gasteiger partial charge >= 0.3 is 11.7 Å². The Balaban J connectivity index is 1.67. The first-order chi connectivity index (χ1) is 14.4. The van der Waals surface area contributed by atoms with E-state index < -0.39 is 24.0 Å². The van der Waals surface area contributed by atoms with Gasteiger partial charge in [0.2, 0.25) is 5.91 Å². The highest BCUT2D eigenvalue weighted by atomic mass is 33.1. The van der Waals surface area contributed by atoms with Crippen molar-refractivity contribution in [3.63, 3.8) is 0 Å². The van der Waals surface area contributed by atoms with Crippen LogP contribution in [0.1, 0.15) is 44.8 Å². The van der Waals surface area contributed by atoms with Gasteiger partial charge in [-0.15, -0.1) is 0 Å². The number of aromatic nitrogens is 2. The first-order valence-electron chi connectivity index (χ1n) is 9.45. The summed E-state index contributed by atoms with van der Waals surface area (Å²) in [5, 5.41) is 29.8. The zero-order chi connectivity index (χ0) is 21.9. The maximum Gasteiger partial charge on any atom is 0.352 e. The molecule has 2 atom stereocenters. The third kappa shape index (κ3) is 7.92. The summed E-state index contributed by atoms with van der Waals surface area (Å²) < 4.78 is 6.47. The van der Waals surface area contributed by atoms with E-state index in [0.29, 0.717) is 18.4 Å².